The number of furan rings is 1. The summed E-state index contributed by atoms with van der Waals surface area (Å²) in [6.07, 6.45) is 3.68. The fourth-order valence-electron chi connectivity index (χ4n) is 2.23. The molecule has 1 saturated heterocycles. The van der Waals surface area contributed by atoms with Crippen LogP contribution in [0.1, 0.15) is 23.3 Å². The van der Waals surface area contributed by atoms with Crippen LogP contribution in [-0.4, -0.2) is 35.2 Å². The lowest BCUT2D eigenvalue weighted by atomic mass is 10.1. The lowest BCUT2D eigenvalue weighted by Crippen LogP contribution is -2.45. The molecular weight excluding hydrogens is 280 g/mol. The zero-order valence-corrected chi connectivity index (χ0v) is 11.7. The van der Waals surface area contributed by atoms with Gasteiger partial charge >= 0.3 is 0 Å². The molecule has 2 aromatic heterocycles. The van der Waals surface area contributed by atoms with Crippen LogP contribution < -0.4 is 10.6 Å². The zero-order valence-electron chi connectivity index (χ0n) is 10.9. The molecule has 0 radical (unpaired) electrons. The third-order valence-electron chi connectivity index (χ3n) is 3.23. The fraction of sp³-hybridized carbons (Fsp3) is 0.385. The summed E-state index contributed by atoms with van der Waals surface area (Å²) in [5, 5.41) is 13.1. The number of nitrogens with one attached hydrogen (secondary N) is 3. The molecule has 0 unspecified atom stereocenters. The van der Waals surface area contributed by atoms with E-state index in [9.17, 15) is 4.79 Å². The van der Waals surface area contributed by atoms with Gasteiger partial charge in [-0.25, -0.2) is 0 Å². The van der Waals surface area contributed by atoms with Crippen molar-refractivity contribution in [2.75, 3.05) is 13.1 Å². The molecule has 1 aliphatic rings. The minimum atomic E-state index is -0.150. The first kappa shape index (κ1) is 14.6. The summed E-state index contributed by atoms with van der Waals surface area (Å²) < 4.78 is 5.25. The number of amides is 1. The highest BCUT2D eigenvalue weighted by atomic mass is 35.5. The topological polar surface area (TPSA) is 83.0 Å². The predicted molar refractivity (Wildman–Crippen MR) is 76.9 cm³/mol. The van der Waals surface area contributed by atoms with Crippen LogP contribution in [0.2, 0.25) is 0 Å². The highest BCUT2D eigenvalue weighted by molar-refractivity contribution is 5.93. The fourth-order valence-corrected chi connectivity index (χ4v) is 2.23. The van der Waals surface area contributed by atoms with E-state index >= 15 is 0 Å². The SMILES string of the molecule is Cl.O=C(N[C@H]1CCCNC1)c1cc(-c2ccco2)[nH]n1. The lowest BCUT2D eigenvalue weighted by molar-refractivity contribution is 0.0925. The van der Waals surface area contributed by atoms with Gasteiger partial charge in [-0.05, 0) is 31.5 Å². The van der Waals surface area contributed by atoms with Crippen molar-refractivity contribution >= 4 is 18.3 Å². The van der Waals surface area contributed by atoms with E-state index in [1.807, 2.05) is 6.07 Å². The summed E-state index contributed by atoms with van der Waals surface area (Å²) in [6, 6.07) is 5.50. The number of H-pyrrole nitrogens is 1. The smallest absolute Gasteiger partial charge is 0.272 e. The van der Waals surface area contributed by atoms with Crippen LogP contribution in [0.3, 0.4) is 0 Å². The third-order valence-corrected chi connectivity index (χ3v) is 3.23. The van der Waals surface area contributed by atoms with E-state index in [0.29, 0.717) is 17.1 Å². The summed E-state index contributed by atoms with van der Waals surface area (Å²) in [5.41, 5.74) is 1.09. The molecule has 3 heterocycles. The molecule has 108 valence electrons. The molecule has 1 amide bonds. The number of aromatic amines is 1. The van der Waals surface area contributed by atoms with Gasteiger partial charge in [0.1, 0.15) is 5.69 Å². The lowest BCUT2D eigenvalue weighted by Gasteiger charge is -2.23. The van der Waals surface area contributed by atoms with Gasteiger partial charge in [0.15, 0.2) is 11.5 Å². The molecule has 6 nitrogen and oxygen atoms in total. The maximum atomic E-state index is 12.0. The number of carbonyl (C=O) groups excluding carboxylic acids is 1. The second kappa shape index (κ2) is 6.58. The minimum absolute atomic E-state index is 0. The summed E-state index contributed by atoms with van der Waals surface area (Å²) >= 11 is 0. The minimum Gasteiger partial charge on any atom is -0.463 e. The van der Waals surface area contributed by atoms with Gasteiger partial charge in [-0.3, -0.25) is 9.89 Å². The van der Waals surface area contributed by atoms with Gasteiger partial charge in [0.2, 0.25) is 0 Å². The number of hydrogen-bond donors (Lipinski definition) is 3. The maximum Gasteiger partial charge on any atom is 0.272 e. The Balaban J connectivity index is 0.00000147. The van der Waals surface area contributed by atoms with Gasteiger partial charge < -0.3 is 15.1 Å². The molecular formula is C13H17ClN4O2. The number of carbonyl (C=O) groups is 1. The normalized spacial score (nSPS) is 18.3. The van der Waals surface area contributed by atoms with Crippen LogP contribution in [0.4, 0.5) is 0 Å². The monoisotopic (exact) mass is 296 g/mol. The number of nitrogens with zero attached hydrogens (tertiary/aromatic N) is 1. The van der Waals surface area contributed by atoms with Crippen LogP contribution in [-0.2, 0) is 0 Å². The van der Waals surface area contributed by atoms with E-state index < -0.39 is 0 Å². The Morgan fingerprint density at radius 2 is 2.40 bits per heavy atom. The van der Waals surface area contributed by atoms with Crippen molar-refractivity contribution in [1.29, 1.82) is 0 Å². The van der Waals surface area contributed by atoms with Crippen LogP contribution in [0.5, 0.6) is 0 Å². The third kappa shape index (κ3) is 3.20. The highest BCUT2D eigenvalue weighted by Crippen LogP contribution is 2.17. The van der Waals surface area contributed by atoms with Crippen molar-refractivity contribution in [2.45, 2.75) is 18.9 Å². The maximum absolute atomic E-state index is 12.0. The molecule has 0 spiro atoms. The largest absolute Gasteiger partial charge is 0.463 e. The second-order valence-corrected chi connectivity index (χ2v) is 4.66. The Kier molecular flexibility index (Phi) is 4.81. The molecule has 3 rings (SSSR count). The van der Waals surface area contributed by atoms with Crippen molar-refractivity contribution in [2.24, 2.45) is 0 Å². The number of halogens is 1. The first-order valence-electron chi connectivity index (χ1n) is 6.44. The van der Waals surface area contributed by atoms with Crippen LogP contribution in [0, 0.1) is 0 Å². The quantitative estimate of drug-likeness (QED) is 0.803. The molecule has 1 fully saturated rings. The first-order valence-corrected chi connectivity index (χ1v) is 6.44. The van der Waals surface area contributed by atoms with Crippen LogP contribution in [0.15, 0.2) is 28.9 Å². The number of piperidine rings is 1. The molecule has 20 heavy (non-hydrogen) atoms. The van der Waals surface area contributed by atoms with Crippen molar-refractivity contribution in [3.05, 3.63) is 30.2 Å². The summed E-state index contributed by atoms with van der Waals surface area (Å²) in [5.74, 6) is 0.522. The van der Waals surface area contributed by atoms with Gasteiger partial charge in [-0.15, -0.1) is 12.4 Å². The molecule has 0 bridgehead atoms. The van der Waals surface area contributed by atoms with Crippen molar-refractivity contribution in [3.8, 4) is 11.5 Å². The Morgan fingerprint density at radius 3 is 3.10 bits per heavy atom. The summed E-state index contributed by atoms with van der Waals surface area (Å²) in [6.45, 7) is 1.85. The van der Waals surface area contributed by atoms with E-state index in [1.54, 1.807) is 18.4 Å². The van der Waals surface area contributed by atoms with E-state index in [2.05, 4.69) is 20.8 Å². The van der Waals surface area contributed by atoms with Gasteiger partial charge in [-0.2, -0.15) is 5.10 Å². The number of rotatable bonds is 3. The van der Waals surface area contributed by atoms with E-state index in [0.717, 1.165) is 25.9 Å². The molecule has 7 heteroatoms. The van der Waals surface area contributed by atoms with Gasteiger partial charge in [0.05, 0.1) is 6.26 Å². The van der Waals surface area contributed by atoms with Crippen molar-refractivity contribution in [3.63, 3.8) is 0 Å². The highest BCUT2D eigenvalue weighted by Gasteiger charge is 2.18. The predicted octanol–water partition coefficient (Wildman–Crippen LogP) is 1.57. The average Bonchev–Trinajstić information content (AvgIpc) is 3.11. The zero-order chi connectivity index (χ0) is 13.1. The average molecular weight is 297 g/mol. The van der Waals surface area contributed by atoms with Crippen LogP contribution >= 0.6 is 12.4 Å². The summed E-state index contributed by atoms with van der Waals surface area (Å²) in [4.78, 5) is 12.0. The van der Waals surface area contributed by atoms with Crippen molar-refractivity contribution in [1.82, 2.24) is 20.8 Å². The Labute approximate surface area is 122 Å². The molecule has 0 saturated carbocycles. The number of hydrogen-bond acceptors (Lipinski definition) is 4. The van der Waals surface area contributed by atoms with Gasteiger partial charge in [0.25, 0.3) is 5.91 Å². The van der Waals surface area contributed by atoms with Crippen molar-refractivity contribution < 1.29 is 9.21 Å². The Bertz CT molecular complexity index is 546. The Morgan fingerprint density at radius 1 is 1.50 bits per heavy atom. The Hall–Kier alpha value is -1.79. The van der Waals surface area contributed by atoms with E-state index in [1.165, 1.54) is 0 Å². The molecule has 3 N–H and O–H groups in total. The van der Waals surface area contributed by atoms with Gasteiger partial charge in [0, 0.05) is 18.7 Å². The van der Waals surface area contributed by atoms with Gasteiger partial charge in [-0.1, -0.05) is 0 Å². The standard InChI is InChI=1S/C13H16N4O2.ClH/c18-13(15-9-3-1-5-14-8-9)11-7-10(16-17-11)12-4-2-6-19-12;/h2,4,6-7,9,14H,1,3,5,8H2,(H,15,18)(H,16,17);1H/t9-;/m0./s1. The molecule has 0 aromatic carbocycles. The van der Waals surface area contributed by atoms with E-state index in [-0.39, 0.29) is 24.4 Å². The second-order valence-electron chi connectivity index (χ2n) is 4.66. The molecule has 1 aliphatic heterocycles. The number of aromatic nitrogens is 2. The van der Waals surface area contributed by atoms with E-state index in [4.69, 9.17) is 4.42 Å². The molecule has 2 aromatic rings. The molecule has 0 aliphatic carbocycles. The molecule has 1 atom stereocenters. The first-order chi connectivity index (χ1) is 9.33. The van der Waals surface area contributed by atoms with Crippen LogP contribution in [0.25, 0.3) is 11.5 Å². The summed E-state index contributed by atoms with van der Waals surface area (Å²) in [7, 11) is 0.